The van der Waals surface area contributed by atoms with Crippen LogP contribution in [0.4, 0.5) is 5.13 Å². The molecule has 0 saturated carbocycles. The number of rotatable bonds is 2. The van der Waals surface area contributed by atoms with Crippen molar-refractivity contribution in [3.8, 4) is 0 Å². The number of hydrogen-bond acceptors (Lipinski definition) is 5. The van der Waals surface area contributed by atoms with Crippen molar-refractivity contribution < 1.29 is 0 Å². The van der Waals surface area contributed by atoms with Gasteiger partial charge in [0, 0.05) is 17.6 Å². The van der Waals surface area contributed by atoms with Crippen LogP contribution in [0.3, 0.4) is 0 Å². The average molecular weight is 246 g/mol. The van der Waals surface area contributed by atoms with Crippen LogP contribution < -0.4 is 11.1 Å². The molecule has 1 aliphatic rings. The molecule has 2 atom stereocenters. The van der Waals surface area contributed by atoms with Crippen LogP contribution in [0, 0.1) is 6.92 Å². The first kappa shape index (κ1) is 10.7. The maximum absolute atomic E-state index is 6.18. The molecule has 2 unspecified atom stereocenters. The molecule has 1 aliphatic carbocycles. The average Bonchev–Trinajstić information content (AvgIpc) is 2.85. The summed E-state index contributed by atoms with van der Waals surface area (Å²) in [5.41, 5.74) is 8.80. The maximum atomic E-state index is 6.18. The van der Waals surface area contributed by atoms with Gasteiger partial charge in [-0.1, -0.05) is 24.3 Å². The topological polar surface area (TPSA) is 63.8 Å². The molecule has 0 saturated heterocycles. The minimum absolute atomic E-state index is 0.108. The molecule has 1 aromatic heterocycles. The van der Waals surface area contributed by atoms with Gasteiger partial charge in [-0.3, -0.25) is 0 Å². The third kappa shape index (κ3) is 1.92. The van der Waals surface area contributed by atoms with Crippen LogP contribution in [0.1, 0.15) is 23.0 Å². The Morgan fingerprint density at radius 1 is 1.41 bits per heavy atom. The maximum Gasteiger partial charge on any atom is 0.203 e. The lowest BCUT2D eigenvalue weighted by atomic mass is 10.1. The largest absolute Gasteiger partial charge is 0.352 e. The van der Waals surface area contributed by atoms with Gasteiger partial charge >= 0.3 is 0 Å². The summed E-state index contributed by atoms with van der Waals surface area (Å²) in [5, 5.41) is 4.23. The predicted octanol–water partition coefficient (Wildman–Crippen LogP) is 1.88. The summed E-state index contributed by atoms with van der Waals surface area (Å²) < 4.78 is 4.17. The Morgan fingerprint density at radius 3 is 3.00 bits per heavy atom. The summed E-state index contributed by atoms with van der Waals surface area (Å²) in [4.78, 5) is 4.32. The number of nitrogens with two attached hydrogens (primary N) is 1. The van der Waals surface area contributed by atoms with Crippen molar-refractivity contribution in [3.05, 3.63) is 41.2 Å². The Balaban J connectivity index is 1.88. The smallest absolute Gasteiger partial charge is 0.203 e. The van der Waals surface area contributed by atoms with Crippen molar-refractivity contribution in [2.75, 3.05) is 5.32 Å². The summed E-state index contributed by atoms with van der Waals surface area (Å²) in [6, 6.07) is 8.64. The van der Waals surface area contributed by atoms with Crippen molar-refractivity contribution in [1.82, 2.24) is 9.36 Å². The first-order chi connectivity index (χ1) is 8.24. The number of nitrogens with zero attached hydrogens (tertiary/aromatic N) is 2. The van der Waals surface area contributed by atoms with Crippen molar-refractivity contribution >= 4 is 16.7 Å². The van der Waals surface area contributed by atoms with Crippen molar-refractivity contribution in [2.24, 2.45) is 5.73 Å². The lowest BCUT2D eigenvalue weighted by Gasteiger charge is -2.17. The van der Waals surface area contributed by atoms with Crippen LogP contribution >= 0.6 is 11.5 Å². The highest BCUT2D eigenvalue weighted by molar-refractivity contribution is 7.09. The first-order valence-corrected chi connectivity index (χ1v) is 6.41. The number of aryl methyl sites for hydroxylation is 1. The Bertz CT molecular complexity index is 537. The number of hydrogen-bond donors (Lipinski definition) is 2. The van der Waals surface area contributed by atoms with E-state index >= 15 is 0 Å². The van der Waals surface area contributed by atoms with E-state index in [0.29, 0.717) is 0 Å². The van der Waals surface area contributed by atoms with E-state index < -0.39 is 0 Å². The zero-order chi connectivity index (χ0) is 11.8. The van der Waals surface area contributed by atoms with Gasteiger partial charge < -0.3 is 11.1 Å². The molecule has 3 rings (SSSR count). The van der Waals surface area contributed by atoms with Crippen LogP contribution in [-0.2, 0) is 6.42 Å². The summed E-state index contributed by atoms with van der Waals surface area (Å²) in [7, 11) is 0. The van der Waals surface area contributed by atoms with Crippen molar-refractivity contribution in [2.45, 2.75) is 25.4 Å². The first-order valence-electron chi connectivity index (χ1n) is 5.64. The summed E-state index contributed by atoms with van der Waals surface area (Å²) in [6.45, 7) is 1.89. The SMILES string of the molecule is Cc1nsc(NC2c3ccccc3CC2N)n1. The number of nitrogens with one attached hydrogen (secondary N) is 1. The van der Waals surface area contributed by atoms with E-state index in [1.807, 2.05) is 6.92 Å². The van der Waals surface area contributed by atoms with E-state index in [-0.39, 0.29) is 12.1 Å². The van der Waals surface area contributed by atoms with E-state index in [9.17, 15) is 0 Å². The second kappa shape index (κ2) is 4.09. The molecular weight excluding hydrogens is 232 g/mol. The second-order valence-corrected chi connectivity index (χ2v) is 5.09. The van der Waals surface area contributed by atoms with Crippen molar-refractivity contribution in [3.63, 3.8) is 0 Å². The Morgan fingerprint density at radius 2 is 2.24 bits per heavy atom. The summed E-state index contributed by atoms with van der Waals surface area (Å²) in [5.74, 6) is 0.803. The van der Waals surface area contributed by atoms with Crippen molar-refractivity contribution in [1.29, 1.82) is 0 Å². The molecule has 0 amide bonds. The normalized spacial score (nSPS) is 22.5. The van der Waals surface area contributed by atoms with Gasteiger partial charge in [0.25, 0.3) is 0 Å². The van der Waals surface area contributed by atoms with Gasteiger partial charge in [-0.15, -0.1) is 0 Å². The van der Waals surface area contributed by atoms with E-state index in [1.165, 1.54) is 22.7 Å². The Labute approximate surface area is 104 Å². The highest BCUT2D eigenvalue weighted by Crippen LogP contribution is 2.33. The van der Waals surface area contributed by atoms with Gasteiger partial charge in [0.2, 0.25) is 5.13 Å². The zero-order valence-electron chi connectivity index (χ0n) is 9.55. The third-order valence-electron chi connectivity index (χ3n) is 3.08. The van der Waals surface area contributed by atoms with Crippen LogP contribution in [-0.4, -0.2) is 15.4 Å². The number of anilines is 1. The molecule has 0 fully saturated rings. The van der Waals surface area contributed by atoms with Gasteiger partial charge in [-0.2, -0.15) is 4.37 Å². The van der Waals surface area contributed by atoms with Gasteiger partial charge in [-0.25, -0.2) is 4.98 Å². The highest BCUT2D eigenvalue weighted by atomic mass is 32.1. The van der Waals surface area contributed by atoms with E-state index in [4.69, 9.17) is 5.73 Å². The van der Waals surface area contributed by atoms with Crippen LogP contribution in [0.15, 0.2) is 24.3 Å². The van der Waals surface area contributed by atoms with Gasteiger partial charge in [0.1, 0.15) is 5.82 Å². The van der Waals surface area contributed by atoms with Crippen LogP contribution in [0.2, 0.25) is 0 Å². The molecule has 88 valence electrons. The molecule has 5 heteroatoms. The van der Waals surface area contributed by atoms with Gasteiger partial charge in [-0.05, 0) is 24.5 Å². The number of fused-ring (bicyclic) bond motifs is 1. The molecule has 1 aromatic carbocycles. The third-order valence-corrected chi connectivity index (χ3v) is 3.82. The quantitative estimate of drug-likeness (QED) is 0.849. The summed E-state index contributed by atoms with van der Waals surface area (Å²) in [6.07, 6.45) is 0.922. The fourth-order valence-electron chi connectivity index (χ4n) is 2.30. The second-order valence-electron chi connectivity index (χ2n) is 4.34. The minimum Gasteiger partial charge on any atom is -0.352 e. The molecule has 1 heterocycles. The Hall–Kier alpha value is -1.46. The number of benzene rings is 1. The molecular formula is C12H14N4S. The Kier molecular flexibility index (Phi) is 2.57. The molecule has 0 aliphatic heterocycles. The lowest BCUT2D eigenvalue weighted by Crippen LogP contribution is -2.29. The van der Waals surface area contributed by atoms with E-state index in [2.05, 4.69) is 38.9 Å². The van der Waals surface area contributed by atoms with Gasteiger partial charge in [0.15, 0.2) is 0 Å². The van der Waals surface area contributed by atoms with Crippen LogP contribution in [0.25, 0.3) is 0 Å². The van der Waals surface area contributed by atoms with E-state index in [1.54, 1.807) is 0 Å². The van der Waals surface area contributed by atoms with E-state index in [0.717, 1.165) is 17.4 Å². The molecule has 0 spiro atoms. The molecule has 0 radical (unpaired) electrons. The molecule has 3 N–H and O–H groups in total. The molecule has 17 heavy (non-hydrogen) atoms. The fourth-order valence-corrected chi connectivity index (χ4v) is 2.91. The monoisotopic (exact) mass is 246 g/mol. The molecule has 2 aromatic rings. The van der Waals surface area contributed by atoms with Crippen LogP contribution in [0.5, 0.6) is 0 Å². The number of aromatic nitrogens is 2. The zero-order valence-corrected chi connectivity index (χ0v) is 10.4. The molecule has 0 bridgehead atoms. The predicted molar refractivity (Wildman–Crippen MR) is 69.1 cm³/mol. The standard InChI is InChI=1S/C12H14N4S/c1-7-14-12(17-16-7)15-11-9-5-3-2-4-8(9)6-10(11)13/h2-5,10-11H,6,13H2,1H3,(H,14,15,16). The highest BCUT2D eigenvalue weighted by Gasteiger charge is 2.29. The molecule has 4 nitrogen and oxygen atoms in total. The van der Waals surface area contributed by atoms with Gasteiger partial charge in [0.05, 0.1) is 6.04 Å². The fraction of sp³-hybridized carbons (Fsp3) is 0.333. The summed E-state index contributed by atoms with van der Waals surface area (Å²) >= 11 is 1.39. The lowest BCUT2D eigenvalue weighted by molar-refractivity contribution is 0.625. The minimum atomic E-state index is 0.108.